The van der Waals surface area contributed by atoms with E-state index in [9.17, 15) is 18.0 Å². The van der Waals surface area contributed by atoms with Crippen LogP contribution in [0.4, 0.5) is 19.0 Å². The summed E-state index contributed by atoms with van der Waals surface area (Å²) >= 11 is 1.19. The molecule has 4 heterocycles. The zero-order valence-electron chi connectivity index (χ0n) is 25.1. The maximum absolute atomic E-state index is 13.4. The Morgan fingerprint density at radius 2 is 1.88 bits per heavy atom. The largest absolute Gasteiger partial charge is 0.476 e. The molecule has 1 amide bonds. The van der Waals surface area contributed by atoms with Gasteiger partial charge in [0.25, 0.3) is 5.91 Å². The lowest BCUT2D eigenvalue weighted by Crippen LogP contribution is -2.40. The van der Waals surface area contributed by atoms with E-state index in [1.54, 1.807) is 23.0 Å². The van der Waals surface area contributed by atoms with E-state index in [2.05, 4.69) is 40.6 Å². The van der Waals surface area contributed by atoms with Crippen LogP contribution in [0.5, 0.6) is 5.88 Å². The Morgan fingerprint density at radius 1 is 1.20 bits per heavy atom. The Kier molecular flexibility index (Phi) is 9.72. The van der Waals surface area contributed by atoms with Crippen molar-refractivity contribution >= 4 is 23.7 Å². The van der Waals surface area contributed by atoms with E-state index in [0.29, 0.717) is 23.1 Å². The second-order valence-corrected chi connectivity index (χ2v) is 12.2. The van der Waals surface area contributed by atoms with Crippen molar-refractivity contribution < 1.29 is 22.7 Å². The van der Waals surface area contributed by atoms with Gasteiger partial charge in [0, 0.05) is 37.6 Å². The number of carbonyl (C=O) groups is 1. The van der Waals surface area contributed by atoms with Gasteiger partial charge in [-0.05, 0) is 71.0 Å². The van der Waals surface area contributed by atoms with Crippen molar-refractivity contribution in [1.82, 2.24) is 29.3 Å². The number of pyridine rings is 1. The second-order valence-electron chi connectivity index (χ2n) is 11.3. The van der Waals surface area contributed by atoms with Gasteiger partial charge in [0.2, 0.25) is 5.88 Å². The molecule has 0 spiro atoms. The normalized spacial score (nSPS) is 16.8. The van der Waals surface area contributed by atoms with Gasteiger partial charge in [-0.15, -0.1) is 5.10 Å². The summed E-state index contributed by atoms with van der Waals surface area (Å²) in [6, 6.07) is 4.84. The van der Waals surface area contributed by atoms with Crippen LogP contribution in [0.15, 0.2) is 35.5 Å². The summed E-state index contributed by atoms with van der Waals surface area (Å²) in [7, 11) is 1.82. The third-order valence-electron chi connectivity index (χ3n) is 6.80. The number of carbonyl (C=O) groups excluding carboxylic acids is 1. The van der Waals surface area contributed by atoms with E-state index in [1.165, 1.54) is 22.7 Å². The highest BCUT2D eigenvalue weighted by atomic mass is 32.2. The van der Waals surface area contributed by atoms with Crippen LogP contribution in [0.1, 0.15) is 70.9 Å². The van der Waals surface area contributed by atoms with Gasteiger partial charge in [-0.1, -0.05) is 20.8 Å². The average molecular weight is 596 g/mol. The van der Waals surface area contributed by atoms with Crippen LogP contribution in [-0.4, -0.2) is 55.3 Å². The molecular formula is C28H40F3N7O2S. The average Bonchev–Trinajstić information content (AvgIpc) is 3.57. The maximum Gasteiger partial charge on any atom is 0.397 e. The van der Waals surface area contributed by atoms with Crippen LogP contribution in [0.2, 0.25) is 0 Å². The van der Waals surface area contributed by atoms with E-state index in [-0.39, 0.29) is 17.3 Å². The number of hydrogen-bond acceptors (Lipinski definition) is 7. The number of halogens is 3. The summed E-state index contributed by atoms with van der Waals surface area (Å²) in [5.41, 5.74) is -1.05. The van der Waals surface area contributed by atoms with Crippen molar-refractivity contribution in [3.63, 3.8) is 0 Å². The zero-order chi connectivity index (χ0) is 30.8. The van der Waals surface area contributed by atoms with Gasteiger partial charge in [-0.25, -0.2) is 9.67 Å². The Bertz CT molecular complexity index is 1350. The smallest absolute Gasteiger partial charge is 0.397 e. The van der Waals surface area contributed by atoms with E-state index in [1.807, 2.05) is 34.0 Å². The van der Waals surface area contributed by atoms with E-state index in [0.717, 1.165) is 37.4 Å². The predicted molar refractivity (Wildman–Crippen MR) is 155 cm³/mol. The summed E-state index contributed by atoms with van der Waals surface area (Å²) in [4.78, 5) is 21.1. The number of anilines is 1. The number of nitrogens with one attached hydrogen (secondary N) is 1. The molecule has 1 N–H and O–H groups in total. The molecule has 1 saturated heterocycles. The predicted octanol–water partition coefficient (Wildman–Crippen LogP) is 6.36. The summed E-state index contributed by atoms with van der Waals surface area (Å²) in [6.45, 7) is 14.6. The molecule has 0 radical (unpaired) electrons. The molecule has 0 aromatic carbocycles. The number of nitrogens with zero attached hydrogens (tertiary/aromatic N) is 6. The van der Waals surface area contributed by atoms with Crippen molar-refractivity contribution in [2.24, 2.45) is 18.4 Å². The first kappa shape index (κ1) is 32.3. The highest BCUT2D eigenvalue weighted by Gasteiger charge is 2.48. The Labute approximate surface area is 244 Å². The monoisotopic (exact) mass is 595 g/mol. The molecular weight excluding hydrogens is 555 g/mol. The Balaban J connectivity index is 0.00000226. The molecule has 3 aromatic rings. The van der Waals surface area contributed by atoms with Gasteiger partial charge in [-0.2, -0.15) is 18.3 Å². The van der Waals surface area contributed by atoms with Crippen LogP contribution >= 0.6 is 11.9 Å². The number of ether oxygens (including phenoxy) is 1. The van der Waals surface area contributed by atoms with Crippen molar-refractivity contribution in [3.8, 4) is 11.7 Å². The van der Waals surface area contributed by atoms with Crippen LogP contribution in [0, 0.1) is 18.3 Å². The topological polar surface area (TPSA) is 90.1 Å². The minimum absolute atomic E-state index is 0.0517. The first-order valence-electron chi connectivity index (χ1n) is 13.6. The minimum Gasteiger partial charge on any atom is -0.476 e. The quantitative estimate of drug-likeness (QED) is 0.303. The molecule has 13 heteroatoms. The molecule has 9 nitrogen and oxygen atoms in total. The molecule has 1 fully saturated rings. The number of hydrogen-bond donors (Lipinski definition) is 1. The Morgan fingerprint density at radius 3 is 2.44 bits per heavy atom. The van der Waals surface area contributed by atoms with Crippen LogP contribution in [0.25, 0.3) is 5.82 Å². The number of aromatic nitrogens is 5. The highest BCUT2D eigenvalue weighted by molar-refractivity contribution is 7.98. The minimum atomic E-state index is -4.41. The van der Waals surface area contributed by atoms with E-state index < -0.39 is 18.2 Å². The zero-order valence-corrected chi connectivity index (χ0v) is 25.9. The van der Waals surface area contributed by atoms with Crippen LogP contribution < -0.4 is 14.4 Å². The second kappa shape index (κ2) is 12.3. The van der Waals surface area contributed by atoms with Crippen molar-refractivity contribution in [2.75, 3.05) is 18.1 Å². The molecule has 3 aromatic heterocycles. The summed E-state index contributed by atoms with van der Waals surface area (Å²) < 4.78 is 51.0. The van der Waals surface area contributed by atoms with E-state index >= 15 is 0 Å². The number of aryl methyl sites for hydroxylation is 2. The highest BCUT2D eigenvalue weighted by Crippen LogP contribution is 2.39. The number of rotatable bonds is 8. The van der Waals surface area contributed by atoms with Gasteiger partial charge in [-0.3, -0.25) is 14.2 Å². The van der Waals surface area contributed by atoms with Gasteiger partial charge in [0.1, 0.15) is 12.4 Å². The molecule has 41 heavy (non-hydrogen) atoms. The summed E-state index contributed by atoms with van der Waals surface area (Å²) in [6.07, 6.45) is -0.0734. The van der Waals surface area contributed by atoms with E-state index in [4.69, 9.17) is 9.72 Å². The molecule has 0 saturated carbocycles. The van der Waals surface area contributed by atoms with Crippen LogP contribution in [0.3, 0.4) is 0 Å². The van der Waals surface area contributed by atoms with Crippen molar-refractivity contribution in [1.29, 1.82) is 0 Å². The molecule has 0 aliphatic carbocycles. The lowest BCUT2D eigenvalue weighted by molar-refractivity contribution is -0.219. The molecule has 1 aliphatic heterocycles. The molecule has 226 valence electrons. The fourth-order valence-corrected chi connectivity index (χ4v) is 5.30. The SMILES string of the molecule is CC.Cc1nn(C)cc1SNC(=O)c1ccc(-n2ccc(OCC(C)(C)C(F)(F)F)n2)nc1N1CC(C)CC1(C)C. The van der Waals surface area contributed by atoms with Crippen molar-refractivity contribution in [2.45, 2.75) is 78.4 Å². The number of amides is 1. The maximum atomic E-state index is 13.4. The molecule has 1 aliphatic rings. The van der Waals surface area contributed by atoms with Gasteiger partial charge >= 0.3 is 6.18 Å². The summed E-state index contributed by atoms with van der Waals surface area (Å²) in [5.74, 6) is 1.08. The summed E-state index contributed by atoms with van der Waals surface area (Å²) in [5, 5.41) is 8.58. The molecule has 4 rings (SSSR count). The lowest BCUT2D eigenvalue weighted by Gasteiger charge is -2.34. The fraction of sp³-hybridized carbons (Fsp3) is 0.571. The lowest BCUT2D eigenvalue weighted by atomic mass is 9.94. The van der Waals surface area contributed by atoms with Gasteiger partial charge < -0.3 is 9.64 Å². The number of alkyl halides is 3. The molecule has 0 bridgehead atoms. The standard InChI is InChI=1S/C26H34F3N7O2S.C2H6/c1-16-12-25(5,6)35(13-16)22-18(23(37)33-39-19-14-34(7)31-17(19)2)8-9-20(30-22)36-11-10-21(32-36)38-15-24(3,4)26(27,28)29;1-2/h8-11,14,16H,12-13,15H2,1-7H3,(H,33,37);1-2H3. The molecule has 1 atom stereocenters. The van der Waals surface area contributed by atoms with Crippen molar-refractivity contribution in [3.05, 3.63) is 41.9 Å². The third kappa shape index (κ3) is 7.35. The first-order chi connectivity index (χ1) is 19.1. The first-order valence-corrected chi connectivity index (χ1v) is 14.4. The molecule has 1 unspecified atom stereocenters. The Hall–Kier alpha value is -3.22. The fourth-order valence-electron chi connectivity index (χ4n) is 4.59. The van der Waals surface area contributed by atoms with Crippen LogP contribution in [-0.2, 0) is 7.05 Å². The van der Waals surface area contributed by atoms with Gasteiger partial charge in [0.05, 0.1) is 21.6 Å². The van der Waals surface area contributed by atoms with Gasteiger partial charge in [0.15, 0.2) is 5.82 Å². The third-order valence-corrected chi connectivity index (χ3v) is 7.71.